The van der Waals surface area contributed by atoms with Gasteiger partial charge in [-0.05, 0) is 29.7 Å². The van der Waals surface area contributed by atoms with E-state index >= 15 is 0 Å². The van der Waals surface area contributed by atoms with Gasteiger partial charge < -0.3 is 0 Å². The minimum Gasteiger partial charge on any atom is -0.271 e. The van der Waals surface area contributed by atoms with Crippen LogP contribution < -0.4 is 5.32 Å². The van der Waals surface area contributed by atoms with E-state index in [4.69, 9.17) is 5.26 Å². The summed E-state index contributed by atoms with van der Waals surface area (Å²) in [5, 5.41) is 11.9. The van der Waals surface area contributed by atoms with Crippen molar-refractivity contribution in [2.45, 2.75) is 33.1 Å². The number of nitrogens with zero attached hydrogens (tertiary/aromatic N) is 2. The molecule has 0 aromatic heterocycles. The second kappa shape index (κ2) is 5.92. The second-order valence-corrected chi connectivity index (χ2v) is 5.87. The van der Waals surface area contributed by atoms with Crippen LogP contribution in [-0.2, 0) is 5.41 Å². The van der Waals surface area contributed by atoms with Crippen LogP contribution >= 0.6 is 11.8 Å². The molecular formula is C14H19N3S. The SMILES string of the molecule is CSC(=Nc1c(C)cccc1C(C)(C)C)NC#N. The summed E-state index contributed by atoms with van der Waals surface area (Å²) in [5.41, 5.74) is 3.29. The third-order valence-electron chi connectivity index (χ3n) is 2.62. The van der Waals surface area contributed by atoms with Gasteiger partial charge in [0.05, 0.1) is 5.69 Å². The molecule has 0 spiro atoms. The Hall–Kier alpha value is -1.47. The van der Waals surface area contributed by atoms with Gasteiger partial charge in [0.15, 0.2) is 11.4 Å². The largest absolute Gasteiger partial charge is 0.271 e. The van der Waals surface area contributed by atoms with Crippen molar-refractivity contribution in [2.75, 3.05) is 6.26 Å². The number of amidine groups is 1. The molecule has 0 bridgehead atoms. The molecule has 0 aliphatic heterocycles. The predicted octanol–water partition coefficient (Wildman–Crippen LogP) is 3.71. The van der Waals surface area contributed by atoms with Crippen molar-refractivity contribution in [3.05, 3.63) is 29.3 Å². The van der Waals surface area contributed by atoms with Crippen LogP contribution in [0.3, 0.4) is 0 Å². The van der Waals surface area contributed by atoms with E-state index in [0.717, 1.165) is 11.3 Å². The Bertz CT molecular complexity index is 493. The number of aryl methyl sites for hydroxylation is 1. The molecule has 0 atom stereocenters. The molecule has 0 unspecified atom stereocenters. The Morgan fingerprint density at radius 2 is 2.06 bits per heavy atom. The molecule has 1 aromatic carbocycles. The number of rotatable bonds is 1. The van der Waals surface area contributed by atoms with Gasteiger partial charge in [-0.3, -0.25) is 5.32 Å². The summed E-state index contributed by atoms with van der Waals surface area (Å²) in [7, 11) is 0. The third-order valence-corrected chi connectivity index (χ3v) is 3.20. The fourth-order valence-electron chi connectivity index (χ4n) is 1.69. The van der Waals surface area contributed by atoms with E-state index in [9.17, 15) is 0 Å². The zero-order valence-electron chi connectivity index (χ0n) is 11.5. The summed E-state index contributed by atoms with van der Waals surface area (Å²) < 4.78 is 0. The van der Waals surface area contributed by atoms with Crippen LogP contribution in [0.25, 0.3) is 0 Å². The number of para-hydroxylation sites is 1. The predicted molar refractivity (Wildman–Crippen MR) is 79.2 cm³/mol. The van der Waals surface area contributed by atoms with Gasteiger partial charge >= 0.3 is 0 Å². The maximum Gasteiger partial charge on any atom is 0.183 e. The zero-order valence-corrected chi connectivity index (χ0v) is 12.4. The highest BCUT2D eigenvalue weighted by atomic mass is 32.2. The van der Waals surface area contributed by atoms with Crippen molar-refractivity contribution in [1.29, 1.82) is 5.26 Å². The Balaban J connectivity index is 3.35. The number of nitrogens with one attached hydrogen (secondary N) is 1. The highest BCUT2D eigenvalue weighted by Crippen LogP contribution is 2.34. The smallest absolute Gasteiger partial charge is 0.183 e. The number of nitriles is 1. The Kier molecular flexibility index (Phi) is 4.80. The van der Waals surface area contributed by atoms with Crippen LogP contribution in [0, 0.1) is 18.4 Å². The summed E-state index contributed by atoms with van der Waals surface area (Å²) in [6.07, 6.45) is 3.82. The van der Waals surface area contributed by atoms with E-state index in [1.165, 1.54) is 17.3 Å². The van der Waals surface area contributed by atoms with Crippen molar-refractivity contribution >= 4 is 22.6 Å². The number of hydrogen-bond acceptors (Lipinski definition) is 3. The molecule has 0 fully saturated rings. The van der Waals surface area contributed by atoms with Crippen LogP contribution in [0.1, 0.15) is 31.9 Å². The first-order valence-corrected chi connectivity index (χ1v) is 7.00. The molecule has 3 nitrogen and oxygen atoms in total. The van der Waals surface area contributed by atoms with Gasteiger partial charge in [-0.1, -0.05) is 50.7 Å². The molecule has 4 heteroatoms. The van der Waals surface area contributed by atoms with Gasteiger partial charge in [0.2, 0.25) is 0 Å². The minimum absolute atomic E-state index is 0.0288. The lowest BCUT2D eigenvalue weighted by Crippen LogP contribution is -2.15. The molecule has 0 saturated heterocycles. The van der Waals surface area contributed by atoms with Crippen LogP contribution in [-0.4, -0.2) is 11.4 Å². The van der Waals surface area contributed by atoms with Gasteiger partial charge in [-0.15, -0.1) is 0 Å². The summed E-state index contributed by atoms with van der Waals surface area (Å²) in [6, 6.07) is 6.18. The molecule has 1 aromatic rings. The fourth-order valence-corrected chi connectivity index (χ4v) is 2.02. The third kappa shape index (κ3) is 3.51. The first kappa shape index (κ1) is 14.6. The van der Waals surface area contributed by atoms with Crippen molar-refractivity contribution in [3.8, 4) is 6.19 Å². The molecule has 0 radical (unpaired) electrons. The average Bonchev–Trinajstić information content (AvgIpc) is 2.29. The molecule has 0 saturated carbocycles. The highest BCUT2D eigenvalue weighted by molar-refractivity contribution is 8.13. The van der Waals surface area contributed by atoms with Crippen molar-refractivity contribution in [1.82, 2.24) is 5.32 Å². The van der Waals surface area contributed by atoms with Crippen LogP contribution in [0.2, 0.25) is 0 Å². The molecule has 0 aliphatic rings. The normalized spacial score (nSPS) is 12.1. The maximum absolute atomic E-state index is 8.69. The van der Waals surface area contributed by atoms with Crippen LogP contribution in [0.5, 0.6) is 0 Å². The van der Waals surface area contributed by atoms with Gasteiger partial charge in [-0.25, -0.2) is 4.99 Å². The van der Waals surface area contributed by atoms with E-state index in [1.54, 1.807) is 0 Å². The Morgan fingerprint density at radius 1 is 1.39 bits per heavy atom. The molecule has 96 valence electrons. The molecule has 0 heterocycles. The van der Waals surface area contributed by atoms with Crippen LogP contribution in [0.4, 0.5) is 5.69 Å². The summed E-state index contributed by atoms with van der Waals surface area (Å²) >= 11 is 1.43. The summed E-state index contributed by atoms with van der Waals surface area (Å²) in [6.45, 7) is 8.53. The topological polar surface area (TPSA) is 48.2 Å². The van der Waals surface area contributed by atoms with E-state index in [2.05, 4.69) is 37.1 Å². The molecule has 1 rings (SSSR count). The highest BCUT2D eigenvalue weighted by Gasteiger charge is 2.19. The monoisotopic (exact) mass is 261 g/mol. The number of thioether (sulfide) groups is 1. The molecular weight excluding hydrogens is 242 g/mol. The van der Waals surface area contributed by atoms with E-state index in [0.29, 0.717) is 5.17 Å². The summed E-state index contributed by atoms with van der Waals surface area (Å²) in [5.74, 6) is 0. The summed E-state index contributed by atoms with van der Waals surface area (Å²) in [4.78, 5) is 4.58. The molecule has 0 amide bonds. The lowest BCUT2D eigenvalue weighted by molar-refractivity contribution is 0.591. The number of aliphatic imine (C=N–C) groups is 1. The van der Waals surface area contributed by atoms with Crippen molar-refractivity contribution in [3.63, 3.8) is 0 Å². The van der Waals surface area contributed by atoms with E-state index < -0.39 is 0 Å². The van der Waals surface area contributed by atoms with E-state index in [1.807, 2.05) is 31.5 Å². The standard InChI is InChI=1S/C14H19N3S/c1-10-7-6-8-11(14(2,3)4)12(10)17-13(18-5)16-9-15/h6-8H,1-5H3,(H,16,17). The molecule has 18 heavy (non-hydrogen) atoms. The average molecular weight is 261 g/mol. The quantitative estimate of drug-likeness (QED) is 0.363. The Morgan fingerprint density at radius 3 is 2.56 bits per heavy atom. The van der Waals surface area contributed by atoms with Crippen LogP contribution in [0.15, 0.2) is 23.2 Å². The minimum atomic E-state index is 0.0288. The first-order chi connectivity index (χ1) is 8.40. The second-order valence-electron chi connectivity index (χ2n) is 5.08. The van der Waals surface area contributed by atoms with E-state index in [-0.39, 0.29) is 5.41 Å². The van der Waals surface area contributed by atoms with Gasteiger partial charge in [0.1, 0.15) is 0 Å². The van der Waals surface area contributed by atoms with Crippen molar-refractivity contribution in [2.24, 2.45) is 4.99 Å². The zero-order chi connectivity index (χ0) is 13.8. The van der Waals surface area contributed by atoms with Gasteiger partial charge in [0.25, 0.3) is 0 Å². The van der Waals surface area contributed by atoms with Gasteiger partial charge in [-0.2, -0.15) is 5.26 Å². The van der Waals surface area contributed by atoms with Gasteiger partial charge in [0, 0.05) is 0 Å². The maximum atomic E-state index is 8.69. The number of benzene rings is 1. The lowest BCUT2D eigenvalue weighted by Gasteiger charge is -2.22. The Labute approximate surface area is 113 Å². The molecule has 1 N–H and O–H groups in total. The molecule has 0 aliphatic carbocycles. The number of hydrogen-bond donors (Lipinski definition) is 1. The lowest BCUT2D eigenvalue weighted by atomic mass is 9.85. The first-order valence-electron chi connectivity index (χ1n) is 5.78. The fraction of sp³-hybridized carbons (Fsp3) is 0.429. The van der Waals surface area contributed by atoms with Crippen molar-refractivity contribution < 1.29 is 0 Å².